The second-order valence-electron chi connectivity index (χ2n) is 11.8. The number of ether oxygens (including phenoxy) is 1. The molecular weight excluding hydrogens is 488 g/mol. The van der Waals surface area contributed by atoms with Gasteiger partial charge in [-0.2, -0.15) is 5.26 Å². The summed E-state index contributed by atoms with van der Waals surface area (Å²) in [5.74, 6) is 1.20. The van der Waals surface area contributed by atoms with Gasteiger partial charge in [-0.05, 0) is 63.6 Å². The number of furan rings is 1. The smallest absolute Gasteiger partial charge is 0.253 e. The molecule has 0 bridgehead atoms. The number of rotatable bonds is 5. The molecule has 7 nitrogen and oxygen atoms in total. The summed E-state index contributed by atoms with van der Waals surface area (Å²) in [5.41, 5.74) is 4.89. The Morgan fingerprint density at radius 3 is 2.33 bits per heavy atom. The van der Waals surface area contributed by atoms with E-state index in [4.69, 9.17) is 9.15 Å². The molecule has 2 aromatic carbocycles. The number of hydrogen-bond acceptors (Lipinski definition) is 6. The monoisotopic (exact) mass is 522 g/mol. The third kappa shape index (κ3) is 5.52. The summed E-state index contributed by atoms with van der Waals surface area (Å²) in [6.45, 7) is 8.73. The van der Waals surface area contributed by atoms with E-state index in [9.17, 15) is 10.1 Å². The number of nitriles is 1. The number of fused-ring (bicyclic) bond motifs is 1. The van der Waals surface area contributed by atoms with E-state index in [0.717, 1.165) is 29.5 Å². The minimum atomic E-state index is -0.0546. The maximum Gasteiger partial charge on any atom is 0.253 e. The number of amides is 1. The van der Waals surface area contributed by atoms with E-state index in [1.54, 1.807) is 37.3 Å². The van der Waals surface area contributed by atoms with Gasteiger partial charge in [0.05, 0.1) is 5.56 Å². The molecule has 0 atom stereocenters. The molecule has 1 N–H and O–H groups in total. The summed E-state index contributed by atoms with van der Waals surface area (Å²) >= 11 is 0. The number of carbonyl (C=O) groups is 1. The lowest BCUT2D eigenvalue weighted by atomic mass is 9.81. The highest BCUT2D eigenvalue weighted by atomic mass is 16.5. The maximum atomic E-state index is 12.2. The fourth-order valence-electron chi connectivity index (χ4n) is 5.72. The van der Waals surface area contributed by atoms with Crippen molar-refractivity contribution in [1.29, 1.82) is 5.26 Å². The SMILES string of the molecule is CN(C)C(=O)c1ccc(-c2cc3nccc(-c4ccc(OC5CC(C)(C)NC(C)(C)C5)c(C#N)c4)c3o2)cc1. The van der Waals surface area contributed by atoms with E-state index >= 15 is 0 Å². The van der Waals surface area contributed by atoms with E-state index in [2.05, 4.69) is 44.1 Å². The molecule has 1 amide bonds. The number of hydrogen-bond donors (Lipinski definition) is 1. The number of benzene rings is 2. The Morgan fingerprint density at radius 1 is 1.03 bits per heavy atom. The fourth-order valence-corrected chi connectivity index (χ4v) is 5.72. The molecule has 0 aliphatic carbocycles. The van der Waals surface area contributed by atoms with Gasteiger partial charge in [-0.15, -0.1) is 0 Å². The van der Waals surface area contributed by atoms with Crippen molar-refractivity contribution in [2.24, 2.45) is 0 Å². The molecule has 200 valence electrons. The number of nitrogens with zero attached hydrogens (tertiary/aromatic N) is 3. The van der Waals surface area contributed by atoms with Crippen LogP contribution in [0.5, 0.6) is 5.75 Å². The highest BCUT2D eigenvalue weighted by Crippen LogP contribution is 2.37. The average Bonchev–Trinajstić information content (AvgIpc) is 3.31. The van der Waals surface area contributed by atoms with E-state index in [1.165, 1.54) is 0 Å². The van der Waals surface area contributed by atoms with Gasteiger partial charge in [0.25, 0.3) is 5.91 Å². The van der Waals surface area contributed by atoms with Crippen molar-refractivity contribution in [2.75, 3.05) is 14.1 Å². The Hall–Kier alpha value is -4.15. The van der Waals surface area contributed by atoms with Crippen molar-refractivity contribution in [3.63, 3.8) is 0 Å². The van der Waals surface area contributed by atoms with Crippen LogP contribution in [0.25, 0.3) is 33.6 Å². The van der Waals surface area contributed by atoms with Gasteiger partial charge in [-0.25, -0.2) is 0 Å². The molecule has 39 heavy (non-hydrogen) atoms. The Morgan fingerprint density at radius 2 is 1.69 bits per heavy atom. The first-order valence-electron chi connectivity index (χ1n) is 13.2. The summed E-state index contributed by atoms with van der Waals surface area (Å²) in [4.78, 5) is 18.3. The van der Waals surface area contributed by atoms with Crippen LogP contribution in [0.4, 0.5) is 0 Å². The van der Waals surface area contributed by atoms with Crippen LogP contribution in [0.2, 0.25) is 0 Å². The van der Waals surface area contributed by atoms with E-state index < -0.39 is 0 Å². The summed E-state index contributed by atoms with van der Waals surface area (Å²) in [7, 11) is 3.46. The Bertz CT molecular complexity index is 1560. The van der Waals surface area contributed by atoms with Crippen LogP contribution in [0.1, 0.15) is 56.5 Å². The summed E-state index contributed by atoms with van der Waals surface area (Å²) in [6.07, 6.45) is 3.46. The Labute approximate surface area is 229 Å². The summed E-state index contributed by atoms with van der Waals surface area (Å²) in [5, 5.41) is 13.7. The molecule has 0 spiro atoms. The van der Waals surface area contributed by atoms with Crippen molar-refractivity contribution in [1.82, 2.24) is 15.2 Å². The number of nitrogens with one attached hydrogen (secondary N) is 1. The van der Waals surface area contributed by atoms with Crippen LogP contribution >= 0.6 is 0 Å². The minimum absolute atomic E-state index is 0.00821. The van der Waals surface area contributed by atoms with Crippen LogP contribution < -0.4 is 10.1 Å². The van der Waals surface area contributed by atoms with Crippen LogP contribution in [0.15, 0.2) is 65.2 Å². The van der Waals surface area contributed by atoms with Gasteiger partial charge in [0, 0.05) is 67.0 Å². The molecule has 2 aromatic heterocycles. The fraction of sp³-hybridized carbons (Fsp3) is 0.344. The molecule has 0 radical (unpaired) electrons. The van der Waals surface area contributed by atoms with Crippen molar-refractivity contribution in [3.8, 4) is 34.3 Å². The first-order valence-corrected chi connectivity index (χ1v) is 13.2. The molecule has 5 rings (SSSR count). The predicted molar refractivity (Wildman–Crippen MR) is 153 cm³/mol. The number of piperidine rings is 1. The quantitative estimate of drug-likeness (QED) is 0.325. The lowest BCUT2D eigenvalue weighted by Crippen LogP contribution is -2.60. The number of pyridine rings is 1. The van der Waals surface area contributed by atoms with Gasteiger partial charge in [-0.1, -0.05) is 18.2 Å². The first kappa shape index (κ1) is 26.5. The highest BCUT2D eigenvalue weighted by Gasteiger charge is 2.39. The second-order valence-corrected chi connectivity index (χ2v) is 11.8. The third-order valence-corrected chi connectivity index (χ3v) is 7.09. The van der Waals surface area contributed by atoms with Crippen LogP contribution in [0.3, 0.4) is 0 Å². The van der Waals surface area contributed by atoms with Gasteiger partial charge < -0.3 is 19.4 Å². The number of aromatic nitrogens is 1. The summed E-state index contributed by atoms with van der Waals surface area (Å²) in [6, 6.07) is 19.1. The average molecular weight is 523 g/mol. The summed E-state index contributed by atoms with van der Waals surface area (Å²) < 4.78 is 12.7. The molecular formula is C32H34N4O3. The molecule has 1 aliphatic rings. The van der Waals surface area contributed by atoms with Crippen molar-refractivity contribution in [3.05, 3.63) is 71.9 Å². The van der Waals surface area contributed by atoms with Crippen molar-refractivity contribution >= 4 is 17.0 Å². The molecule has 0 unspecified atom stereocenters. The Balaban J connectivity index is 1.45. The van der Waals surface area contributed by atoms with Crippen LogP contribution in [0, 0.1) is 11.3 Å². The van der Waals surface area contributed by atoms with E-state index in [1.807, 2.05) is 42.5 Å². The van der Waals surface area contributed by atoms with Gasteiger partial charge in [0.2, 0.25) is 0 Å². The normalized spacial score (nSPS) is 16.5. The number of carbonyl (C=O) groups excluding carboxylic acids is 1. The van der Waals surface area contributed by atoms with Gasteiger partial charge >= 0.3 is 0 Å². The second kappa shape index (κ2) is 9.87. The van der Waals surface area contributed by atoms with Crippen LogP contribution in [-0.2, 0) is 0 Å². The molecule has 4 aromatic rings. The third-order valence-electron chi connectivity index (χ3n) is 7.09. The predicted octanol–water partition coefficient (Wildman–Crippen LogP) is 6.42. The van der Waals surface area contributed by atoms with Crippen molar-refractivity contribution < 1.29 is 13.9 Å². The molecule has 1 aliphatic heterocycles. The van der Waals surface area contributed by atoms with Crippen molar-refractivity contribution in [2.45, 2.75) is 57.7 Å². The zero-order valence-corrected chi connectivity index (χ0v) is 23.3. The maximum absolute atomic E-state index is 12.2. The molecule has 3 heterocycles. The zero-order valence-electron chi connectivity index (χ0n) is 23.3. The van der Waals surface area contributed by atoms with E-state index in [0.29, 0.717) is 33.7 Å². The van der Waals surface area contributed by atoms with Gasteiger partial charge in [-0.3, -0.25) is 9.78 Å². The first-order chi connectivity index (χ1) is 18.4. The Kier molecular flexibility index (Phi) is 6.69. The lowest BCUT2D eigenvalue weighted by Gasteiger charge is -2.46. The topological polar surface area (TPSA) is 91.4 Å². The molecule has 1 saturated heterocycles. The van der Waals surface area contributed by atoms with Gasteiger partial charge in [0.1, 0.15) is 29.2 Å². The van der Waals surface area contributed by atoms with Gasteiger partial charge in [0.15, 0.2) is 5.58 Å². The highest BCUT2D eigenvalue weighted by molar-refractivity contribution is 5.95. The molecule has 1 fully saturated rings. The van der Waals surface area contributed by atoms with Crippen LogP contribution in [-0.4, -0.2) is 47.1 Å². The molecule has 7 heteroatoms. The van der Waals surface area contributed by atoms with E-state index in [-0.39, 0.29) is 23.1 Å². The lowest BCUT2D eigenvalue weighted by molar-refractivity contribution is 0.0557. The zero-order chi connectivity index (χ0) is 27.9. The minimum Gasteiger partial charge on any atom is -0.489 e. The standard InChI is InChI=1S/C32H34N4O3/c1-31(2)17-24(18-32(3,4)35-31)38-27-12-11-22(15-23(27)19-33)25-13-14-34-26-16-28(39-29(25)26)20-7-9-21(10-8-20)30(37)36(5)6/h7-16,24,35H,17-18H2,1-6H3. The largest absolute Gasteiger partial charge is 0.489 e. The molecule has 0 saturated carbocycles.